The highest BCUT2D eigenvalue weighted by atomic mass is 35.5. The van der Waals surface area contributed by atoms with Crippen LogP contribution in [0.5, 0.6) is 5.75 Å². The first-order valence-electron chi connectivity index (χ1n) is 5.58. The summed E-state index contributed by atoms with van der Waals surface area (Å²) in [7, 11) is 0. The summed E-state index contributed by atoms with van der Waals surface area (Å²) in [6.45, 7) is 2.11. The van der Waals surface area contributed by atoms with E-state index in [1.807, 2.05) is 18.4 Å². The summed E-state index contributed by atoms with van der Waals surface area (Å²) in [4.78, 5) is 11.4. The zero-order chi connectivity index (χ0) is 13.8. The van der Waals surface area contributed by atoms with Crippen molar-refractivity contribution in [1.29, 1.82) is 0 Å². The lowest BCUT2D eigenvalue weighted by molar-refractivity contribution is 0.0922. The molecule has 1 heterocycles. The molecule has 2 aromatic rings. The van der Waals surface area contributed by atoms with Crippen molar-refractivity contribution in [3.63, 3.8) is 0 Å². The van der Waals surface area contributed by atoms with Gasteiger partial charge in [0.1, 0.15) is 12.4 Å². The number of carbonyl (C=O) groups is 1. The van der Waals surface area contributed by atoms with Crippen LogP contribution in [-0.2, 0) is 6.61 Å². The molecule has 0 radical (unpaired) electrons. The molecule has 0 fully saturated rings. The van der Waals surface area contributed by atoms with Gasteiger partial charge in [0, 0.05) is 10.6 Å². The number of benzene rings is 1. The maximum atomic E-state index is 11.4. The van der Waals surface area contributed by atoms with Crippen LogP contribution in [0.2, 0.25) is 5.02 Å². The summed E-state index contributed by atoms with van der Waals surface area (Å²) in [5, 5.41) is 0.590. The molecule has 6 heteroatoms. The Morgan fingerprint density at radius 2 is 2.26 bits per heavy atom. The number of nitrogen functional groups attached to an aromatic ring is 1. The van der Waals surface area contributed by atoms with Gasteiger partial charge in [-0.1, -0.05) is 17.7 Å². The molecule has 5 nitrogen and oxygen atoms in total. The molecule has 19 heavy (non-hydrogen) atoms. The Hall–Kier alpha value is -1.98. The van der Waals surface area contributed by atoms with Crippen LogP contribution in [0.15, 0.2) is 34.9 Å². The van der Waals surface area contributed by atoms with Gasteiger partial charge in [-0.3, -0.25) is 10.2 Å². The van der Waals surface area contributed by atoms with Gasteiger partial charge in [0.05, 0.1) is 6.26 Å². The fourth-order valence-corrected chi connectivity index (χ4v) is 1.76. The molecule has 3 N–H and O–H groups in total. The van der Waals surface area contributed by atoms with Crippen LogP contribution < -0.4 is 16.0 Å². The van der Waals surface area contributed by atoms with E-state index in [-0.39, 0.29) is 12.4 Å². The predicted octanol–water partition coefficient (Wildman–Crippen LogP) is 2.42. The minimum Gasteiger partial charge on any atom is -0.488 e. The number of nitrogens with two attached hydrogens (primary N) is 1. The molecule has 0 unspecified atom stereocenters. The van der Waals surface area contributed by atoms with Gasteiger partial charge in [0.15, 0.2) is 5.76 Å². The average molecular weight is 281 g/mol. The van der Waals surface area contributed by atoms with Gasteiger partial charge < -0.3 is 9.15 Å². The lowest BCUT2D eigenvalue weighted by Crippen LogP contribution is -2.30. The second kappa shape index (κ2) is 5.77. The first-order chi connectivity index (χ1) is 9.11. The SMILES string of the molecule is Cc1ccc(Cl)cc1OCc1ccoc1C(=O)NN. The van der Waals surface area contributed by atoms with Gasteiger partial charge in [-0.15, -0.1) is 0 Å². The van der Waals surface area contributed by atoms with Gasteiger partial charge in [-0.25, -0.2) is 5.84 Å². The summed E-state index contributed by atoms with van der Waals surface area (Å²) in [5.74, 6) is 5.37. The Morgan fingerprint density at radius 1 is 1.47 bits per heavy atom. The highest BCUT2D eigenvalue weighted by Crippen LogP contribution is 2.24. The monoisotopic (exact) mass is 280 g/mol. The molecule has 1 aromatic carbocycles. The molecule has 0 saturated heterocycles. The molecule has 0 aliphatic carbocycles. The van der Waals surface area contributed by atoms with Gasteiger partial charge >= 0.3 is 5.91 Å². The number of hydrazine groups is 1. The van der Waals surface area contributed by atoms with Gasteiger partial charge in [-0.05, 0) is 30.7 Å². The maximum Gasteiger partial charge on any atom is 0.301 e. The number of ether oxygens (including phenoxy) is 1. The summed E-state index contributed by atoms with van der Waals surface area (Å²) < 4.78 is 10.7. The van der Waals surface area contributed by atoms with E-state index in [0.29, 0.717) is 16.3 Å². The molecule has 100 valence electrons. The summed E-state index contributed by atoms with van der Waals surface area (Å²) >= 11 is 5.90. The summed E-state index contributed by atoms with van der Waals surface area (Å²) in [6, 6.07) is 7.03. The number of hydrogen-bond donors (Lipinski definition) is 2. The molecule has 1 amide bonds. The van der Waals surface area contributed by atoms with Crippen LogP contribution in [0.4, 0.5) is 0 Å². The van der Waals surface area contributed by atoms with E-state index >= 15 is 0 Å². The van der Waals surface area contributed by atoms with E-state index in [1.165, 1.54) is 6.26 Å². The lowest BCUT2D eigenvalue weighted by atomic mass is 10.2. The van der Waals surface area contributed by atoms with Crippen LogP contribution >= 0.6 is 11.6 Å². The Morgan fingerprint density at radius 3 is 3.00 bits per heavy atom. The molecule has 1 aromatic heterocycles. The lowest BCUT2D eigenvalue weighted by Gasteiger charge is -2.09. The fraction of sp³-hybridized carbons (Fsp3) is 0.154. The van der Waals surface area contributed by atoms with E-state index in [9.17, 15) is 4.79 Å². The molecule has 0 atom stereocenters. The van der Waals surface area contributed by atoms with Crippen molar-refractivity contribution >= 4 is 17.5 Å². The number of carbonyl (C=O) groups excluding carboxylic acids is 1. The number of aryl methyl sites for hydroxylation is 1. The van der Waals surface area contributed by atoms with Crippen LogP contribution in [-0.4, -0.2) is 5.91 Å². The van der Waals surface area contributed by atoms with Crippen LogP contribution in [0.3, 0.4) is 0 Å². The minimum absolute atomic E-state index is 0.141. The minimum atomic E-state index is -0.494. The Kier molecular flexibility index (Phi) is 4.09. The normalized spacial score (nSPS) is 10.3. The van der Waals surface area contributed by atoms with Gasteiger partial charge in [0.2, 0.25) is 0 Å². The van der Waals surface area contributed by atoms with Crippen molar-refractivity contribution in [2.75, 3.05) is 0 Å². The molecular weight excluding hydrogens is 268 g/mol. The van der Waals surface area contributed by atoms with Crippen molar-refractivity contribution in [2.45, 2.75) is 13.5 Å². The Labute approximate surface area is 115 Å². The van der Waals surface area contributed by atoms with E-state index in [4.69, 9.17) is 26.6 Å². The molecule has 0 aliphatic heterocycles. The van der Waals surface area contributed by atoms with Crippen molar-refractivity contribution in [3.05, 3.63) is 52.4 Å². The largest absolute Gasteiger partial charge is 0.488 e. The zero-order valence-corrected chi connectivity index (χ0v) is 11.0. The van der Waals surface area contributed by atoms with Crippen molar-refractivity contribution in [1.82, 2.24) is 5.43 Å². The summed E-state index contributed by atoms with van der Waals surface area (Å²) in [6.07, 6.45) is 1.41. The number of hydrogen-bond acceptors (Lipinski definition) is 4. The maximum absolute atomic E-state index is 11.4. The van der Waals surface area contributed by atoms with E-state index in [0.717, 1.165) is 5.56 Å². The smallest absolute Gasteiger partial charge is 0.301 e. The second-order valence-electron chi connectivity index (χ2n) is 3.95. The molecule has 2 rings (SSSR count). The number of furan rings is 1. The molecule has 0 spiro atoms. The quantitative estimate of drug-likeness (QED) is 0.512. The van der Waals surface area contributed by atoms with E-state index in [1.54, 1.807) is 18.2 Å². The molecule has 0 bridgehead atoms. The average Bonchev–Trinajstić information content (AvgIpc) is 2.87. The van der Waals surface area contributed by atoms with E-state index in [2.05, 4.69) is 0 Å². The Balaban J connectivity index is 2.13. The summed E-state index contributed by atoms with van der Waals surface area (Å²) in [5.41, 5.74) is 3.59. The zero-order valence-electron chi connectivity index (χ0n) is 10.3. The fourth-order valence-electron chi connectivity index (χ4n) is 1.60. The molecule has 0 saturated carbocycles. The third-order valence-corrected chi connectivity index (χ3v) is 2.85. The number of amides is 1. The first-order valence-corrected chi connectivity index (χ1v) is 5.96. The van der Waals surface area contributed by atoms with Gasteiger partial charge in [-0.2, -0.15) is 0 Å². The van der Waals surface area contributed by atoms with Crippen molar-refractivity contribution in [3.8, 4) is 5.75 Å². The van der Waals surface area contributed by atoms with E-state index < -0.39 is 5.91 Å². The third kappa shape index (κ3) is 3.07. The molecular formula is C13H13ClN2O3. The van der Waals surface area contributed by atoms with Crippen LogP contribution in [0, 0.1) is 6.92 Å². The highest BCUT2D eigenvalue weighted by molar-refractivity contribution is 6.30. The topological polar surface area (TPSA) is 77.5 Å². The van der Waals surface area contributed by atoms with Crippen LogP contribution in [0.25, 0.3) is 0 Å². The first kappa shape index (κ1) is 13.5. The van der Waals surface area contributed by atoms with Crippen LogP contribution in [0.1, 0.15) is 21.7 Å². The molecule has 0 aliphatic rings. The number of rotatable bonds is 4. The number of halogens is 1. The standard InChI is InChI=1S/C13H13ClN2O3/c1-8-2-3-10(14)6-11(8)19-7-9-4-5-18-12(9)13(17)16-15/h2-6H,7,15H2,1H3,(H,16,17). The Bertz CT molecular complexity index is 595. The van der Waals surface area contributed by atoms with Crippen molar-refractivity contribution < 1.29 is 13.9 Å². The predicted molar refractivity (Wildman–Crippen MR) is 70.9 cm³/mol. The highest BCUT2D eigenvalue weighted by Gasteiger charge is 2.14. The second-order valence-corrected chi connectivity index (χ2v) is 4.38. The van der Waals surface area contributed by atoms with Gasteiger partial charge in [0.25, 0.3) is 0 Å². The number of nitrogens with one attached hydrogen (secondary N) is 1. The third-order valence-electron chi connectivity index (χ3n) is 2.62. The van der Waals surface area contributed by atoms with Crippen molar-refractivity contribution in [2.24, 2.45) is 5.84 Å².